The van der Waals surface area contributed by atoms with E-state index in [9.17, 15) is 9.59 Å². The number of anilines is 2. The molecule has 0 aliphatic rings. The molecule has 0 fully saturated rings. The molecule has 1 amide bonds. The van der Waals surface area contributed by atoms with Gasteiger partial charge in [-0.3, -0.25) is 0 Å². The number of amides is 1. The van der Waals surface area contributed by atoms with Crippen LogP contribution in [-0.2, 0) is 14.4 Å². The second-order valence-electron chi connectivity index (χ2n) is 5.72. The van der Waals surface area contributed by atoms with E-state index in [2.05, 4.69) is 31.7 Å². The number of rotatable bonds is 5. The number of nitrogens with zero attached hydrogens (tertiary/aromatic N) is 1. The summed E-state index contributed by atoms with van der Waals surface area (Å²) in [5.74, 6) is -0.476. The van der Waals surface area contributed by atoms with E-state index >= 15 is 0 Å². The maximum absolute atomic E-state index is 12.0. The first-order chi connectivity index (χ1) is 10.6. The van der Waals surface area contributed by atoms with Gasteiger partial charge < -0.3 is 20.6 Å². The third kappa shape index (κ3) is 6.72. The summed E-state index contributed by atoms with van der Waals surface area (Å²) in [6, 6.07) is 0.758. The molecule has 0 radical (unpaired) electrons. The number of hydrogen-bond donors (Lipinski definition) is 3. The van der Waals surface area contributed by atoms with E-state index in [1.54, 1.807) is 33.8 Å². The maximum atomic E-state index is 12.0. The van der Waals surface area contributed by atoms with Crippen LogP contribution in [0.1, 0.15) is 34.1 Å². The van der Waals surface area contributed by atoms with Gasteiger partial charge in [0.05, 0.1) is 5.69 Å². The van der Waals surface area contributed by atoms with Crippen molar-refractivity contribution in [2.24, 2.45) is 0 Å². The van der Waals surface area contributed by atoms with Crippen LogP contribution in [0.25, 0.3) is 0 Å². The van der Waals surface area contributed by atoms with E-state index in [1.165, 1.54) is 6.20 Å². The molecule has 4 N–H and O–H groups in total. The summed E-state index contributed by atoms with van der Waals surface area (Å²) >= 11 is 3.22. The van der Waals surface area contributed by atoms with E-state index in [1.807, 2.05) is 0 Å². The molecule has 1 aromatic rings. The Morgan fingerprint density at radius 1 is 1.43 bits per heavy atom. The smallest absolute Gasteiger partial charge is 0.408 e. The van der Waals surface area contributed by atoms with Gasteiger partial charge in [0.2, 0.25) is 0 Å². The van der Waals surface area contributed by atoms with Gasteiger partial charge in [-0.25, -0.2) is 14.6 Å². The van der Waals surface area contributed by atoms with E-state index < -0.39 is 23.7 Å². The van der Waals surface area contributed by atoms with Crippen molar-refractivity contribution < 1.29 is 19.2 Å². The Morgan fingerprint density at radius 3 is 2.61 bits per heavy atom. The average Bonchev–Trinajstić information content (AvgIpc) is 2.41. The first kappa shape index (κ1) is 19.0. The molecule has 0 spiro atoms. The minimum Gasteiger partial charge on any atom is -0.444 e. The molecule has 0 aliphatic heterocycles. The van der Waals surface area contributed by atoms with Gasteiger partial charge in [-0.1, -0.05) is 6.92 Å². The summed E-state index contributed by atoms with van der Waals surface area (Å²) in [7, 11) is 0. The molecule has 23 heavy (non-hydrogen) atoms. The summed E-state index contributed by atoms with van der Waals surface area (Å²) in [6.45, 7) is 6.93. The number of ether oxygens (including phenoxy) is 1. The molecular weight excluding hydrogens is 368 g/mol. The summed E-state index contributed by atoms with van der Waals surface area (Å²) in [5, 5.41) is 2.45. The van der Waals surface area contributed by atoms with Gasteiger partial charge in [0.25, 0.3) is 0 Å². The minimum absolute atomic E-state index is 0.202. The quantitative estimate of drug-likeness (QED) is 0.663. The fourth-order valence-corrected chi connectivity index (χ4v) is 1.84. The summed E-state index contributed by atoms with van der Waals surface area (Å²) in [4.78, 5) is 32.6. The Labute approximate surface area is 143 Å². The third-order valence-corrected chi connectivity index (χ3v) is 2.95. The molecule has 1 heterocycles. The van der Waals surface area contributed by atoms with Crippen LogP contribution in [0.15, 0.2) is 16.7 Å². The van der Waals surface area contributed by atoms with Crippen LogP contribution >= 0.6 is 15.9 Å². The largest absolute Gasteiger partial charge is 0.444 e. The topological polar surface area (TPSA) is 116 Å². The van der Waals surface area contributed by atoms with Gasteiger partial charge in [-0.05, 0) is 49.2 Å². The molecule has 0 aromatic carbocycles. The second-order valence-corrected chi connectivity index (χ2v) is 6.64. The third-order valence-electron chi connectivity index (χ3n) is 2.52. The van der Waals surface area contributed by atoms with Crippen LogP contribution in [0.2, 0.25) is 0 Å². The number of pyridine rings is 1. The number of alkyl carbamates (subject to hydrolysis) is 1. The standard InChI is InChI=1S/C14H21BrN4O4/c1-5-10(18-13(21)22-14(2,3)4)12(20)23-19-11-9(16)6-8(15)7-17-11/h6-7,10H,5,16H2,1-4H3,(H,17,19)(H,18,21). The second kappa shape index (κ2) is 8.00. The van der Waals surface area contributed by atoms with Crippen molar-refractivity contribution in [1.82, 2.24) is 10.3 Å². The zero-order chi connectivity index (χ0) is 17.6. The van der Waals surface area contributed by atoms with Gasteiger partial charge in [-0.2, -0.15) is 5.48 Å². The molecule has 0 bridgehead atoms. The number of carbonyl (C=O) groups is 2. The summed E-state index contributed by atoms with van der Waals surface area (Å²) in [5.41, 5.74) is 7.76. The number of nitrogens with one attached hydrogen (secondary N) is 2. The average molecular weight is 389 g/mol. The van der Waals surface area contributed by atoms with Crippen molar-refractivity contribution in [3.8, 4) is 0 Å². The number of nitrogen functional groups attached to an aromatic ring is 1. The van der Waals surface area contributed by atoms with Gasteiger partial charge in [0, 0.05) is 10.7 Å². The molecule has 1 aromatic heterocycles. The van der Waals surface area contributed by atoms with Crippen molar-refractivity contribution in [3.63, 3.8) is 0 Å². The lowest BCUT2D eigenvalue weighted by Crippen LogP contribution is -2.44. The minimum atomic E-state index is -0.853. The molecule has 0 saturated carbocycles. The Kier molecular flexibility index (Phi) is 6.62. The van der Waals surface area contributed by atoms with Crippen LogP contribution in [-0.4, -0.2) is 28.7 Å². The van der Waals surface area contributed by atoms with E-state index in [-0.39, 0.29) is 5.82 Å². The lowest BCUT2D eigenvalue weighted by molar-refractivity contribution is -0.143. The molecule has 1 atom stereocenters. The number of carbonyl (C=O) groups excluding carboxylic acids is 2. The SMILES string of the molecule is CCC(NC(=O)OC(C)(C)C)C(=O)ONc1ncc(Br)cc1N. The number of nitrogens with two attached hydrogens (primary N) is 1. The monoisotopic (exact) mass is 388 g/mol. The van der Waals surface area contributed by atoms with Crippen molar-refractivity contribution in [2.45, 2.75) is 45.8 Å². The Balaban J connectivity index is 2.58. The van der Waals surface area contributed by atoms with Crippen LogP contribution in [0.5, 0.6) is 0 Å². The summed E-state index contributed by atoms with van der Waals surface area (Å²) < 4.78 is 5.80. The maximum Gasteiger partial charge on any atom is 0.408 e. The highest BCUT2D eigenvalue weighted by Crippen LogP contribution is 2.19. The molecule has 0 saturated heterocycles. The van der Waals surface area contributed by atoms with Crippen molar-refractivity contribution in [1.29, 1.82) is 0 Å². The number of hydrogen-bond acceptors (Lipinski definition) is 7. The van der Waals surface area contributed by atoms with Crippen LogP contribution < -0.4 is 16.5 Å². The summed E-state index contributed by atoms with van der Waals surface area (Å²) in [6.07, 6.45) is 1.15. The highest BCUT2D eigenvalue weighted by molar-refractivity contribution is 9.10. The Hall–Kier alpha value is -2.03. The fourth-order valence-electron chi connectivity index (χ4n) is 1.49. The van der Waals surface area contributed by atoms with Crippen LogP contribution in [0.4, 0.5) is 16.3 Å². The molecule has 8 nitrogen and oxygen atoms in total. The molecule has 1 rings (SSSR count). The lowest BCUT2D eigenvalue weighted by atomic mass is 10.2. The zero-order valence-electron chi connectivity index (χ0n) is 13.5. The number of aromatic nitrogens is 1. The van der Waals surface area contributed by atoms with E-state index in [4.69, 9.17) is 15.3 Å². The highest BCUT2D eigenvalue weighted by Gasteiger charge is 2.24. The highest BCUT2D eigenvalue weighted by atomic mass is 79.9. The normalized spacial score (nSPS) is 12.2. The number of halogens is 1. The first-order valence-electron chi connectivity index (χ1n) is 6.99. The van der Waals surface area contributed by atoms with Crippen LogP contribution in [0.3, 0.4) is 0 Å². The van der Waals surface area contributed by atoms with Gasteiger partial charge in [0.1, 0.15) is 11.6 Å². The molecular formula is C14H21BrN4O4. The Bertz CT molecular complexity index is 574. The van der Waals surface area contributed by atoms with Crippen molar-refractivity contribution in [2.75, 3.05) is 11.2 Å². The lowest BCUT2D eigenvalue weighted by Gasteiger charge is -2.22. The van der Waals surface area contributed by atoms with Crippen molar-refractivity contribution in [3.05, 3.63) is 16.7 Å². The molecule has 0 aliphatic carbocycles. The van der Waals surface area contributed by atoms with Crippen LogP contribution in [0, 0.1) is 0 Å². The predicted molar refractivity (Wildman–Crippen MR) is 89.5 cm³/mol. The Morgan fingerprint density at radius 2 is 2.09 bits per heavy atom. The van der Waals surface area contributed by atoms with Gasteiger partial charge >= 0.3 is 12.1 Å². The zero-order valence-corrected chi connectivity index (χ0v) is 15.1. The van der Waals surface area contributed by atoms with Gasteiger partial charge in [-0.15, -0.1) is 0 Å². The van der Waals surface area contributed by atoms with Crippen molar-refractivity contribution >= 4 is 39.5 Å². The fraction of sp³-hybridized carbons (Fsp3) is 0.500. The first-order valence-corrected chi connectivity index (χ1v) is 7.79. The molecule has 1 unspecified atom stereocenters. The molecule has 9 heteroatoms. The predicted octanol–water partition coefficient (Wildman–Crippen LogP) is 2.60. The molecule has 128 valence electrons. The van der Waals surface area contributed by atoms with E-state index in [0.29, 0.717) is 16.6 Å². The van der Waals surface area contributed by atoms with Gasteiger partial charge in [0.15, 0.2) is 5.82 Å². The van der Waals surface area contributed by atoms with E-state index in [0.717, 1.165) is 0 Å².